The molecule has 1 aliphatic rings. The van der Waals surface area contributed by atoms with Gasteiger partial charge in [-0.05, 0) is 23.8 Å². The quantitative estimate of drug-likeness (QED) is 0.640. The molecule has 2 aromatic carbocycles. The Bertz CT molecular complexity index is 681. The van der Waals surface area contributed by atoms with Crippen molar-refractivity contribution >= 4 is 12.3 Å². The van der Waals surface area contributed by atoms with Gasteiger partial charge in [0.05, 0.1) is 0 Å². The number of fused-ring (bicyclic) bond motifs is 1. The van der Waals surface area contributed by atoms with Crippen LogP contribution in [0.4, 0.5) is 0 Å². The second kappa shape index (κ2) is 6.30. The van der Waals surface area contributed by atoms with Crippen LogP contribution in [0.5, 0.6) is 11.5 Å². The highest BCUT2D eigenvalue weighted by Gasteiger charge is 2.29. The van der Waals surface area contributed by atoms with Gasteiger partial charge in [0.2, 0.25) is 6.10 Å². The van der Waals surface area contributed by atoms with Crippen molar-refractivity contribution in [3.8, 4) is 11.5 Å². The SMILES string of the molecule is O=Cc1ccc2c(c1)OCC(C(=O)OCc1ccccc1)O2. The van der Waals surface area contributed by atoms with Crippen LogP contribution < -0.4 is 9.47 Å². The fourth-order valence-corrected chi connectivity index (χ4v) is 2.10. The number of carbonyl (C=O) groups excluding carboxylic acids is 2. The Morgan fingerprint density at radius 2 is 2.00 bits per heavy atom. The zero-order valence-electron chi connectivity index (χ0n) is 11.7. The van der Waals surface area contributed by atoms with E-state index < -0.39 is 12.1 Å². The number of carbonyl (C=O) groups is 2. The summed E-state index contributed by atoms with van der Waals surface area (Å²) in [6.45, 7) is 0.249. The van der Waals surface area contributed by atoms with Gasteiger partial charge in [0.1, 0.15) is 19.5 Å². The smallest absolute Gasteiger partial charge is 0.351 e. The fraction of sp³-hybridized carbons (Fsp3) is 0.176. The molecule has 1 atom stereocenters. The van der Waals surface area contributed by atoms with Gasteiger partial charge in [-0.15, -0.1) is 0 Å². The highest BCUT2D eigenvalue weighted by Crippen LogP contribution is 2.32. The molecule has 22 heavy (non-hydrogen) atoms. The fourth-order valence-electron chi connectivity index (χ4n) is 2.10. The summed E-state index contributed by atoms with van der Waals surface area (Å²) in [5.41, 5.74) is 1.40. The van der Waals surface area contributed by atoms with Crippen molar-refractivity contribution in [1.29, 1.82) is 0 Å². The van der Waals surface area contributed by atoms with Gasteiger partial charge in [0.15, 0.2) is 11.5 Å². The number of benzene rings is 2. The predicted octanol–water partition coefficient (Wildman–Crippen LogP) is 2.38. The van der Waals surface area contributed by atoms with Gasteiger partial charge in [0, 0.05) is 5.56 Å². The Balaban J connectivity index is 1.61. The summed E-state index contributed by atoms with van der Waals surface area (Å²) >= 11 is 0. The van der Waals surface area contributed by atoms with Crippen LogP contribution in [0.3, 0.4) is 0 Å². The van der Waals surface area contributed by atoms with Gasteiger partial charge >= 0.3 is 5.97 Å². The molecule has 112 valence electrons. The lowest BCUT2D eigenvalue weighted by Crippen LogP contribution is -2.37. The van der Waals surface area contributed by atoms with Crippen LogP contribution in [-0.2, 0) is 16.1 Å². The maximum absolute atomic E-state index is 12.0. The van der Waals surface area contributed by atoms with E-state index in [-0.39, 0.29) is 13.2 Å². The van der Waals surface area contributed by atoms with Crippen LogP contribution in [0, 0.1) is 0 Å². The molecule has 2 aromatic rings. The van der Waals surface area contributed by atoms with Crippen LogP contribution in [-0.4, -0.2) is 25.0 Å². The zero-order valence-corrected chi connectivity index (χ0v) is 11.7. The molecule has 0 N–H and O–H groups in total. The first-order valence-electron chi connectivity index (χ1n) is 6.85. The summed E-state index contributed by atoms with van der Waals surface area (Å²) in [5, 5.41) is 0. The molecule has 0 aliphatic carbocycles. The van der Waals surface area contributed by atoms with E-state index in [1.807, 2.05) is 30.3 Å². The van der Waals surface area contributed by atoms with Crippen molar-refractivity contribution in [2.45, 2.75) is 12.7 Å². The minimum Gasteiger partial charge on any atom is -0.485 e. The van der Waals surface area contributed by atoms with Gasteiger partial charge in [-0.3, -0.25) is 4.79 Å². The minimum absolute atomic E-state index is 0.0585. The standard InChI is InChI=1S/C17H14O5/c18-9-13-6-7-14-15(8-13)20-11-16(22-14)17(19)21-10-12-4-2-1-3-5-12/h1-9,16H,10-11H2. The summed E-state index contributed by atoms with van der Waals surface area (Å²) in [7, 11) is 0. The van der Waals surface area contributed by atoms with Crippen molar-refractivity contribution in [2.75, 3.05) is 6.61 Å². The van der Waals surface area contributed by atoms with E-state index >= 15 is 0 Å². The third-order valence-electron chi connectivity index (χ3n) is 3.25. The molecule has 1 aliphatic heterocycles. The number of ether oxygens (including phenoxy) is 3. The molecule has 0 fully saturated rings. The van der Waals surface area contributed by atoms with E-state index in [0.717, 1.165) is 11.8 Å². The normalized spacial score (nSPS) is 15.9. The summed E-state index contributed by atoms with van der Waals surface area (Å²) in [6, 6.07) is 14.2. The Morgan fingerprint density at radius 1 is 1.18 bits per heavy atom. The maximum Gasteiger partial charge on any atom is 0.351 e. The Labute approximate surface area is 127 Å². The van der Waals surface area contributed by atoms with Crippen molar-refractivity contribution in [3.63, 3.8) is 0 Å². The highest BCUT2D eigenvalue weighted by molar-refractivity contribution is 5.78. The molecule has 0 saturated carbocycles. The van der Waals surface area contributed by atoms with E-state index in [1.165, 1.54) is 0 Å². The Morgan fingerprint density at radius 3 is 2.77 bits per heavy atom. The maximum atomic E-state index is 12.0. The van der Waals surface area contributed by atoms with Crippen LogP contribution in [0.25, 0.3) is 0 Å². The molecule has 1 heterocycles. The van der Waals surface area contributed by atoms with Crippen LogP contribution >= 0.6 is 0 Å². The Hall–Kier alpha value is -2.82. The van der Waals surface area contributed by atoms with Crippen molar-refractivity contribution in [2.24, 2.45) is 0 Å². The molecule has 5 nitrogen and oxygen atoms in total. The largest absolute Gasteiger partial charge is 0.485 e. The van der Waals surface area contributed by atoms with Gasteiger partial charge in [-0.25, -0.2) is 4.79 Å². The number of hydrogen-bond donors (Lipinski definition) is 0. The third kappa shape index (κ3) is 3.09. The summed E-state index contributed by atoms with van der Waals surface area (Å²) in [6.07, 6.45) is -0.0811. The summed E-state index contributed by atoms with van der Waals surface area (Å²) in [4.78, 5) is 22.7. The molecule has 0 radical (unpaired) electrons. The van der Waals surface area contributed by atoms with E-state index in [0.29, 0.717) is 17.1 Å². The van der Waals surface area contributed by atoms with Gasteiger partial charge in [-0.2, -0.15) is 0 Å². The molecule has 5 heteroatoms. The van der Waals surface area contributed by atoms with Gasteiger partial charge in [-0.1, -0.05) is 30.3 Å². The van der Waals surface area contributed by atoms with Gasteiger partial charge in [0.25, 0.3) is 0 Å². The second-order valence-electron chi connectivity index (χ2n) is 4.83. The van der Waals surface area contributed by atoms with Crippen LogP contribution in [0.1, 0.15) is 15.9 Å². The highest BCUT2D eigenvalue weighted by atomic mass is 16.6. The van der Waals surface area contributed by atoms with E-state index in [9.17, 15) is 9.59 Å². The van der Waals surface area contributed by atoms with Crippen LogP contribution in [0.2, 0.25) is 0 Å². The topological polar surface area (TPSA) is 61.8 Å². The van der Waals surface area contributed by atoms with Crippen molar-refractivity contribution in [3.05, 3.63) is 59.7 Å². The molecular formula is C17H14O5. The number of rotatable bonds is 4. The lowest BCUT2D eigenvalue weighted by atomic mass is 10.2. The van der Waals surface area contributed by atoms with Crippen molar-refractivity contribution in [1.82, 2.24) is 0 Å². The third-order valence-corrected chi connectivity index (χ3v) is 3.25. The van der Waals surface area contributed by atoms with E-state index in [2.05, 4.69) is 0 Å². The molecule has 0 bridgehead atoms. The monoisotopic (exact) mass is 298 g/mol. The number of hydrogen-bond acceptors (Lipinski definition) is 5. The average molecular weight is 298 g/mol. The Kier molecular flexibility index (Phi) is 4.05. The molecule has 0 spiro atoms. The molecular weight excluding hydrogens is 284 g/mol. The minimum atomic E-state index is -0.807. The second-order valence-corrected chi connectivity index (χ2v) is 4.83. The van der Waals surface area contributed by atoms with Crippen LogP contribution in [0.15, 0.2) is 48.5 Å². The number of aldehydes is 1. The van der Waals surface area contributed by atoms with E-state index in [1.54, 1.807) is 18.2 Å². The number of esters is 1. The summed E-state index contributed by atoms with van der Waals surface area (Å²) in [5.74, 6) is 0.407. The molecule has 1 unspecified atom stereocenters. The molecule has 0 saturated heterocycles. The van der Waals surface area contributed by atoms with Crippen molar-refractivity contribution < 1.29 is 23.8 Å². The average Bonchev–Trinajstić information content (AvgIpc) is 2.59. The molecule has 0 aromatic heterocycles. The van der Waals surface area contributed by atoms with Gasteiger partial charge < -0.3 is 14.2 Å². The zero-order chi connectivity index (χ0) is 15.4. The van der Waals surface area contributed by atoms with E-state index in [4.69, 9.17) is 14.2 Å². The molecule has 3 rings (SSSR count). The predicted molar refractivity (Wildman–Crippen MR) is 78.0 cm³/mol. The first-order chi connectivity index (χ1) is 10.8. The summed E-state index contributed by atoms with van der Waals surface area (Å²) < 4.78 is 16.3. The lowest BCUT2D eigenvalue weighted by molar-refractivity contribution is -0.155. The first kappa shape index (κ1) is 14.1. The first-order valence-corrected chi connectivity index (χ1v) is 6.85. The lowest BCUT2D eigenvalue weighted by Gasteiger charge is -2.25. The molecule has 0 amide bonds.